The van der Waals surface area contributed by atoms with Crippen LogP contribution in [0.2, 0.25) is 0 Å². The van der Waals surface area contributed by atoms with Crippen molar-refractivity contribution in [1.82, 2.24) is 13.7 Å². The van der Waals surface area contributed by atoms with Gasteiger partial charge in [-0.05, 0) is 11.8 Å². The van der Waals surface area contributed by atoms with E-state index in [0.717, 1.165) is 0 Å². The topological polar surface area (TPSA) is 80.7 Å². The van der Waals surface area contributed by atoms with Gasteiger partial charge >= 0.3 is 0 Å². The van der Waals surface area contributed by atoms with E-state index in [9.17, 15) is 8.42 Å². The standard InChI is InChI=1S/C11H16N4O2S2/c1-7-5-14(6-8(7)2)19(16,17)10-9(12)13-11-15(10)3-4-18-11/h3-4,7-8H,5-6,12H2,1-2H3. The van der Waals surface area contributed by atoms with Crippen LogP contribution in [0.4, 0.5) is 5.82 Å². The molecule has 0 aromatic carbocycles. The summed E-state index contributed by atoms with van der Waals surface area (Å²) in [4.78, 5) is 4.71. The van der Waals surface area contributed by atoms with E-state index in [4.69, 9.17) is 5.73 Å². The second-order valence-electron chi connectivity index (χ2n) is 5.13. The van der Waals surface area contributed by atoms with Crippen LogP contribution in [0, 0.1) is 11.8 Å². The lowest BCUT2D eigenvalue weighted by Gasteiger charge is -2.15. The minimum Gasteiger partial charge on any atom is -0.381 e. The number of nitrogens with two attached hydrogens (primary N) is 1. The highest BCUT2D eigenvalue weighted by atomic mass is 32.2. The van der Waals surface area contributed by atoms with Crippen LogP contribution in [0.1, 0.15) is 13.8 Å². The molecule has 3 rings (SSSR count). The van der Waals surface area contributed by atoms with Gasteiger partial charge in [0.25, 0.3) is 10.0 Å². The van der Waals surface area contributed by atoms with Crippen molar-refractivity contribution >= 4 is 32.1 Å². The van der Waals surface area contributed by atoms with E-state index in [1.54, 1.807) is 16.0 Å². The minimum absolute atomic E-state index is 0.0825. The van der Waals surface area contributed by atoms with Crippen molar-refractivity contribution in [1.29, 1.82) is 0 Å². The number of hydrogen-bond donors (Lipinski definition) is 1. The lowest BCUT2D eigenvalue weighted by atomic mass is 10.0. The van der Waals surface area contributed by atoms with Gasteiger partial charge in [-0.3, -0.25) is 4.40 Å². The monoisotopic (exact) mass is 300 g/mol. The van der Waals surface area contributed by atoms with Gasteiger partial charge in [0, 0.05) is 24.7 Å². The van der Waals surface area contributed by atoms with Gasteiger partial charge in [-0.2, -0.15) is 4.31 Å². The van der Waals surface area contributed by atoms with Crippen LogP contribution in [0.5, 0.6) is 0 Å². The average molecular weight is 300 g/mol. The first-order valence-corrected chi connectivity index (χ1v) is 8.44. The van der Waals surface area contributed by atoms with Crippen molar-refractivity contribution in [2.45, 2.75) is 18.9 Å². The van der Waals surface area contributed by atoms with E-state index in [2.05, 4.69) is 18.8 Å². The summed E-state index contributed by atoms with van der Waals surface area (Å²) in [5.74, 6) is 0.808. The van der Waals surface area contributed by atoms with Gasteiger partial charge < -0.3 is 5.73 Å². The summed E-state index contributed by atoms with van der Waals surface area (Å²) in [6, 6.07) is 0. The Morgan fingerprint density at radius 1 is 1.37 bits per heavy atom. The summed E-state index contributed by atoms with van der Waals surface area (Å²) in [6.07, 6.45) is 1.69. The number of thiazole rings is 1. The van der Waals surface area contributed by atoms with Crippen LogP contribution < -0.4 is 5.73 Å². The van der Waals surface area contributed by atoms with Gasteiger partial charge in [0.15, 0.2) is 15.8 Å². The lowest BCUT2D eigenvalue weighted by Crippen LogP contribution is -2.30. The molecule has 2 N–H and O–H groups in total. The van der Waals surface area contributed by atoms with Crippen molar-refractivity contribution in [3.63, 3.8) is 0 Å². The molecule has 0 radical (unpaired) electrons. The number of hydrogen-bond acceptors (Lipinski definition) is 5. The zero-order chi connectivity index (χ0) is 13.8. The van der Waals surface area contributed by atoms with Gasteiger partial charge in [-0.15, -0.1) is 11.3 Å². The number of sulfonamides is 1. The molecule has 0 amide bonds. The van der Waals surface area contributed by atoms with Crippen molar-refractivity contribution in [2.24, 2.45) is 11.8 Å². The molecule has 8 heteroatoms. The fourth-order valence-electron chi connectivity index (χ4n) is 2.43. The predicted molar refractivity (Wildman–Crippen MR) is 74.6 cm³/mol. The van der Waals surface area contributed by atoms with Crippen molar-refractivity contribution in [2.75, 3.05) is 18.8 Å². The van der Waals surface area contributed by atoms with Crippen LogP contribution in [0.15, 0.2) is 16.6 Å². The Hall–Kier alpha value is -1.12. The van der Waals surface area contributed by atoms with Gasteiger partial charge in [0.1, 0.15) is 0 Å². The summed E-state index contributed by atoms with van der Waals surface area (Å²) < 4.78 is 28.5. The Labute approximate surface area is 115 Å². The second kappa shape index (κ2) is 4.19. The van der Waals surface area contributed by atoms with Crippen molar-refractivity contribution < 1.29 is 8.42 Å². The summed E-state index contributed by atoms with van der Waals surface area (Å²) in [5, 5.41) is 1.90. The van der Waals surface area contributed by atoms with E-state index in [0.29, 0.717) is 29.9 Å². The van der Waals surface area contributed by atoms with Crippen molar-refractivity contribution in [3.05, 3.63) is 11.6 Å². The Balaban J connectivity index is 2.10. The fourth-order valence-corrected chi connectivity index (χ4v) is 5.03. The largest absolute Gasteiger partial charge is 0.381 e. The van der Waals surface area contributed by atoms with E-state index in [-0.39, 0.29) is 10.8 Å². The summed E-state index contributed by atoms with van der Waals surface area (Å²) in [7, 11) is -3.57. The number of fused-ring (bicyclic) bond motifs is 1. The molecule has 1 aliphatic rings. The molecular formula is C11H16N4O2S2. The number of nitrogen functional groups attached to an aromatic ring is 1. The Kier molecular flexibility index (Phi) is 2.84. The quantitative estimate of drug-likeness (QED) is 0.905. The number of nitrogens with zero attached hydrogens (tertiary/aromatic N) is 3. The molecule has 1 fully saturated rings. The molecule has 3 heterocycles. The molecule has 0 saturated carbocycles. The lowest BCUT2D eigenvalue weighted by molar-refractivity contribution is 0.460. The molecule has 0 aliphatic carbocycles. The Morgan fingerprint density at radius 3 is 2.63 bits per heavy atom. The fraction of sp³-hybridized carbons (Fsp3) is 0.545. The third kappa shape index (κ3) is 1.86. The maximum Gasteiger partial charge on any atom is 0.262 e. The normalized spacial score (nSPS) is 25.4. The predicted octanol–water partition coefficient (Wildman–Crippen LogP) is 1.25. The van der Waals surface area contributed by atoms with Gasteiger partial charge in [0.2, 0.25) is 0 Å². The molecule has 0 spiro atoms. The van der Waals surface area contributed by atoms with Gasteiger partial charge in [-0.1, -0.05) is 13.8 Å². The van der Waals surface area contributed by atoms with Crippen LogP contribution in [0.3, 0.4) is 0 Å². The number of rotatable bonds is 2. The highest BCUT2D eigenvalue weighted by molar-refractivity contribution is 7.89. The molecule has 0 bridgehead atoms. The first-order chi connectivity index (χ1) is 8.91. The molecule has 104 valence electrons. The first kappa shape index (κ1) is 12.9. The molecular weight excluding hydrogens is 284 g/mol. The number of anilines is 1. The molecule has 2 unspecified atom stereocenters. The Bertz CT molecular complexity index is 708. The molecule has 2 aromatic heterocycles. The smallest absolute Gasteiger partial charge is 0.262 e. The molecule has 19 heavy (non-hydrogen) atoms. The third-order valence-corrected chi connectivity index (χ3v) is 6.41. The molecule has 2 atom stereocenters. The molecule has 2 aromatic rings. The van der Waals surface area contributed by atoms with E-state index < -0.39 is 10.0 Å². The zero-order valence-corrected chi connectivity index (χ0v) is 12.4. The number of imidazole rings is 1. The molecule has 1 aliphatic heterocycles. The second-order valence-corrected chi connectivity index (χ2v) is 7.86. The summed E-state index contributed by atoms with van der Waals surface area (Å²) in [5.41, 5.74) is 5.79. The average Bonchev–Trinajstić information content (AvgIpc) is 2.94. The highest BCUT2D eigenvalue weighted by Gasteiger charge is 2.38. The van der Waals surface area contributed by atoms with E-state index in [1.165, 1.54) is 15.6 Å². The first-order valence-electron chi connectivity index (χ1n) is 6.12. The maximum absolute atomic E-state index is 12.7. The third-order valence-electron chi connectivity index (χ3n) is 3.78. The van der Waals surface area contributed by atoms with Crippen LogP contribution >= 0.6 is 11.3 Å². The number of aromatic nitrogens is 2. The van der Waals surface area contributed by atoms with Gasteiger partial charge in [-0.25, -0.2) is 13.4 Å². The summed E-state index contributed by atoms with van der Waals surface area (Å²) >= 11 is 1.37. The van der Waals surface area contributed by atoms with E-state index in [1.807, 2.05) is 0 Å². The molecule has 6 nitrogen and oxygen atoms in total. The Morgan fingerprint density at radius 2 is 2.00 bits per heavy atom. The minimum atomic E-state index is -3.57. The molecule has 1 saturated heterocycles. The maximum atomic E-state index is 12.7. The highest BCUT2D eigenvalue weighted by Crippen LogP contribution is 2.31. The van der Waals surface area contributed by atoms with Crippen LogP contribution in [0.25, 0.3) is 4.96 Å². The van der Waals surface area contributed by atoms with Crippen molar-refractivity contribution in [3.8, 4) is 0 Å². The summed E-state index contributed by atoms with van der Waals surface area (Å²) in [6.45, 7) is 5.22. The van der Waals surface area contributed by atoms with E-state index >= 15 is 0 Å². The van der Waals surface area contributed by atoms with Crippen LogP contribution in [-0.4, -0.2) is 35.2 Å². The SMILES string of the molecule is CC1CN(S(=O)(=O)c2c(N)nc3sccn23)CC1C. The van der Waals surface area contributed by atoms with Crippen LogP contribution in [-0.2, 0) is 10.0 Å². The van der Waals surface area contributed by atoms with Gasteiger partial charge in [0.05, 0.1) is 0 Å². The zero-order valence-electron chi connectivity index (χ0n) is 10.8.